The van der Waals surface area contributed by atoms with Crippen LogP contribution in [0.15, 0.2) is 73.3 Å². The highest BCUT2D eigenvalue weighted by molar-refractivity contribution is 6.32. The number of urea groups is 1. The van der Waals surface area contributed by atoms with E-state index in [1.165, 1.54) is 15.8 Å². The van der Waals surface area contributed by atoms with Gasteiger partial charge in [-0.3, -0.25) is 14.4 Å². The van der Waals surface area contributed by atoms with Gasteiger partial charge in [-0.2, -0.15) is 23.3 Å². The minimum atomic E-state index is -5.36. The van der Waals surface area contributed by atoms with Gasteiger partial charge in [0.15, 0.2) is 16.7 Å². The standard InChI is InChI=1S/C27H19ClF4N8O4/c1-14(44-24(42)27(30,31)32)23(41)34-16-8-9-18(29)20(10-16)40-22-15(12-39(26(40)43)17-6-4-3-5-7-17)11-33-25(36-22)35-19-13-38(2)37-21(19)28/h3-11,13H,1,12H2,2H3,(H,34,41)(H,33,35,36). The number of ether oxygens (including phenoxy) is 1. The molecule has 3 heterocycles. The third-order valence-electron chi connectivity index (χ3n) is 6.05. The highest BCUT2D eigenvalue weighted by Crippen LogP contribution is 2.38. The van der Waals surface area contributed by atoms with E-state index in [4.69, 9.17) is 11.6 Å². The van der Waals surface area contributed by atoms with Gasteiger partial charge in [-0.1, -0.05) is 36.4 Å². The molecule has 17 heteroatoms. The fourth-order valence-electron chi connectivity index (χ4n) is 4.08. The second kappa shape index (κ2) is 11.6. The minimum Gasteiger partial charge on any atom is -0.415 e. The molecule has 0 saturated carbocycles. The largest absolute Gasteiger partial charge is 0.491 e. The fraction of sp³-hybridized carbons (Fsp3) is 0.111. The van der Waals surface area contributed by atoms with E-state index >= 15 is 4.39 Å². The van der Waals surface area contributed by atoms with Gasteiger partial charge in [-0.25, -0.2) is 23.9 Å². The smallest absolute Gasteiger partial charge is 0.415 e. The van der Waals surface area contributed by atoms with Crippen LogP contribution in [0, 0.1) is 5.82 Å². The Kier molecular flexibility index (Phi) is 7.93. The summed E-state index contributed by atoms with van der Waals surface area (Å²) in [6.45, 7) is 3.05. The van der Waals surface area contributed by atoms with Crippen LogP contribution in [-0.2, 0) is 27.9 Å². The number of nitrogens with zero attached hydrogens (tertiary/aromatic N) is 6. The van der Waals surface area contributed by atoms with Crippen molar-refractivity contribution in [1.82, 2.24) is 19.7 Å². The number of anilines is 6. The Hall–Kier alpha value is -5.51. The molecule has 1 aliphatic rings. The molecular formula is C27H19ClF4N8O4. The van der Waals surface area contributed by atoms with E-state index in [0.717, 1.165) is 23.1 Å². The third kappa shape index (κ3) is 6.14. The molecule has 2 N–H and O–H groups in total. The number of nitrogens with one attached hydrogen (secondary N) is 2. The summed E-state index contributed by atoms with van der Waals surface area (Å²) in [7, 11) is 1.65. The van der Waals surface area contributed by atoms with E-state index in [-0.39, 0.29) is 34.8 Å². The number of esters is 1. The molecule has 2 aromatic carbocycles. The molecule has 2 aromatic heterocycles. The Labute approximate surface area is 250 Å². The average Bonchev–Trinajstić information content (AvgIpc) is 3.29. The van der Waals surface area contributed by atoms with Crippen LogP contribution in [0.5, 0.6) is 0 Å². The number of hydrogen-bond donors (Lipinski definition) is 2. The van der Waals surface area contributed by atoms with E-state index in [2.05, 4.69) is 37.0 Å². The third-order valence-corrected chi connectivity index (χ3v) is 6.33. The molecule has 0 radical (unpaired) electrons. The molecule has 4 aromatic rings. The van der Waals surface area contributed by atoms with Crippen molar-refractivity contribution >= 4 is 64.0 Å². The summed E-state index contributed by atoms with van der Waals surface area (Å²) in [5, 5.41) is 9.20. The molecule has 44 heavy (non-hydrogen) atoms. The van der Waals surface area contributed by atoms with Gasteiger partial charge in [0.05, 0.1) is 17.9 Å². The van der Waals surface area contributed by atoms with Gasteiger partial charge in [0.1, 0.15) is 5.82 Å². The summed E-state index contributed by atoms with van der Waals surface area (Å²) in [5.41, 5.74) is 0.701. The zero-order chi connectivity index (χ0) is 31.8. The van der Waals surface area contributed by atoms with Gasteiger partial charge in [0, 0.05) is 36.4 Å². The van der Waals surface area contributed by atoms with Crippen LogP contribution in [-0.4, -0.2) is 43.8 Å². The summed E-state index contributed by atoms with van der Waals surface area (Å²) in [6.07, 6.45) is -2.36. The maximum absolute atomic E-state index is 15.4. The van der Waals surface area contributed by atoms with Crippen molar-refractivity contribution in [2.45, 2.75) is 12.7 Å². The molecule has 0 saturated heterocycles. The highest BCUT2D eigenvalue weighted by atomic mass is 35.5. The average molecular weight is 631 g/mol. The molecule has 3 amide bonds. The summed E-state index contributed by atoms with van der Waals surface area (Å²) in [6, 6.07) is 10.8. The number of alkyl halides is 3. The molecule has 0 atom stereocenters. The van der Waals surface area contributed by atoms with Crippen LogP contribution in [0.2, 0.25) is 5.15 Å². The second-order valence-corrected chi connectivity index (χ2v) is 9.50. The number of halogens is 5. The van der Waals surface area contributed by atoms with E-state index in [1.807, 2.05) is 0 Å². The Morgan fingerprint density at radius 2 is 1.86 bits per heavy atom. The quantitative estimate of drug-likeness (QED) is 0.117. The van der Waals surface area contributed by atoms with Gasteiger partial charge < -0.3 is 15.4 Å². The monoisotopic (exact) mass is 630 g/mol. The van der Waals surface area contributed by atoms with E-state index in [1.54, 1.807) is 43.6 Å². The van der Waals surface area contributed by atoms with Crippen LogP contribution in [0.4, 0.5) is 56.9 Å². The molecule has 0 aliphatic carbocycles. The number of benzene rings is 2. The number of para-hydroxylation sites is 1. The molecule has 0 unspecified atom stereocenters. The van der Waals surface area contributed by atoms with Crippen molar-refractivity contribution in [2.24, 2.45) is 7.05 Å². The van der Waals surface area contributed by atoms with Crippen LogP contribution < -0.4 is 20.4 Å². The van der Waals surface area contributed by atoms with Crippen LogP contribution in [0.25, 0.3) is 0 Å². The molecular weight excluding hydrogens is 612 g/mol. The number of carbonyl (C=O) groups is 3. The number of amides is 3. The van der Waals surface area contributed by atoms with Crippen molar-refractivity contribution in [3.05, 3.63) is 89.8 Å². The SMILES string of the molecule is C=C(OC(=O)C(F)(F)F)C(=O)Nc1ccc(F)c(N2C(=O)N(c3ccccc3)Cc3cnc(Nc4cn(C)nc4Cl)nc32)c1. The van der Waals surface area contributed by atoms with Crippen LogP contribution >= 0.6 is 11.6 Å². The van der Waals surface area contributed by atoms with Gasteiger partial charge >= 0.3 is 18.2 Å². The molecule has 5 rings (SSSR count). The second-order valence-electron chi connectivity index (χ2n) is 9.15. The van der Waals surface area contributed by atoms with E-state index in [9.17, 15) is 27.6 Å². The van der Waals surface area contributed by atoms with Crippen molar-refractivity contribution in [3.8, 4) is 0 Å². The predicted molar refractivity (Wildman–Crippen MR) is 150 cm³/mol. The molecule has 226 valence electrons. The number of aromatic nitrogens is 4. The first-order valence-corrected chi connectivity index (χ1v) is 12.8. The summed E-state index contributed by atoms with van der Waals surface area (Å²) >= 11 is 6.13. The lowest BCUT2D eigenvalue weighted by Crippen LogP contribution is -2.46. The van der Waals surface area contributed by atoms with Crippen molar-refractivity contribution in [3.63, 3.8) is 0 Å². The van der Waals surface area contributed by atoms with Crippen molar-refractivity contribution in [2.75, 3.05) is 20.4 Å². The molecule has 0 spiro atoms. The Morgan fingerprint density at radius 1 is 1.14 bits per heavy atom. The highest BCUT2D eigenvalue weighted by Gasteiger charge is 2.42. The predicted octanol–water partition coefficient (Wildman–Crippen LogP) is 5.58. The lowest BCUT2D eigenvalue weighted by Gasteiger charge is -2.36. The maximum atomic E-state index is 15.4. The fourth-order valence-corrected chi connectivity index (χ4v) is 4.30. The first kappa shape index (κ1) is 30.0. The Morgan fingerprint density at radius 3 is 2.52 bits per heavy atom. The lowest BCUT2D eigenvalue weighted by atomic mass is 10.1. The van der Waals surface area contributed by atoms with Crippen molar-refractivity contribution < 1.29 is 36.7 Å². The molecule has 0 bridgehead atoms. The molecule has 1 aliphatic heterocycles. The molecule has 12 nitrogen and oxygen atoms in total. The van der Waals surface area contributed by atoms with Gasteiger partial charge in [0.25, 0.3) is 5.91 Å². The summed E-state index contributed by atoms with van der Waals surface area (Å²) in [5.74, 6) is -6.06. The van der Waals surface area contributed by atoms with E-state index < -0.39 is 35.7 Å². The number of hydrogen-bond acceptors (Lipinski definition) is 8. The van der Waals surface area contributed by atoms with Gasteiger partial charge in [-0.05, 0) is 30.3 Å². The van der Waals surface area contributed by atoms with Crippen LogP contribution in [0.3, 0.4) is 0 Å². The first-order chi connectivity index (χ1) is 20.8. The summed E-state index contributed by atoms with van der Waals surface area (Å²) < 4.78 is 58.4. The zero-order valence-corrected chi connectivity index (χ0v) is 23.1. The normalized spacial score (nSPS) is 12.9. The minimum absolute atomic E-state index is 0.00254. The van der Waals surface area contributed by atoms with Crippen molar-refractivity contribution in [1.29, 1.82) is 0 Å². The van der Waals surface area contributed by atoms with Gasteiger partial charge in [-0.15, -0.1) is 0 Å². The first-order valence-electron chi connectivity index (χ1n) is 12.4. The molecule has 0 fully saturated rings. The number of aryl methyl sites for hydroxylation is 1. The topological polar surface area (TPSA) is 135 Å². The Balaban J connectivity index is 1.52. The summed E-state index contributed by atoms with van der Waals surface area (Å²) in [4.78, 5) is 48.5. The maximum Gasteiger partial charge on any atom is 0.491 e. The Bertz CT molecular complexity index is 1800. The van der Waals surface area contributed by atoms with Gasteiger partial charge in [0.2, 0.25) is 5.95 Å². The number of carbonyl (C=O) groups excluding carboxylic acids is 3. The zero-order valence-electron chi connectivity index (χ0n) is 22.4. The van der Waals surface area contributed by atoms with Crippen LogP contribution in [0.1, 0.15) is 5.56 Å². The number of rotatable bonds is 7. The lowest BCUT2D eigenvalue weighted by molar-refractivity contribution is -0.195. The number of fused-ring (bicyclic) bond motifs is 1. The van der Waals surface area contributed by atoms with E-state index in [0.29, 0.717) is 16.9 Å².